The normalized spacial score (nSPS) is 27.5. The van der Waals surface area contributed by atoms with Crippen LogP contribution in [0.4, 0.5) is 0 Å². The van der Waals surface area contributed by atoms with E-state index in [0.717, 1.165) is 19.3 Å². The summed E-state index contributed by atoms with van der Waals surface area (Å²) in [6.07, 6.45) is 4.26. The Morgan fingerprint density at radius 3 is 2.83 bits per heavy atom. The van der Waals surface area contributed by atoms with Gasteiger partial charge in [0.25, 0.3) is 0 Å². The summed E-state index contributed by atoms with van der Waals surface area (Å²) in [4.78, 5) is 15.7. The molecule has 12 heavy (non-hydrogen) atoms. The Hall–Kier alpha value is -0.860. The predicted molar refractivity (Wildman–Crippen MR) is 47.4 cm³/mol. The number of ether oxygens (including phenoxy) is 1. The standard InChI is InChI=1S/C9H15NO2/c1-3-9(6-5-7-10-9)8(11)12-4-2/h7H,3-6H2,1-2H3. The van der Waals surface area contributed by atoms with Crippen LogP contribution in [0.15, 0.2) is 4.99 Å². The predicted octanol–water partition coefficient (Wildman–Crippen LogP) is 1.56. The van der Waals surface area contributed by atoms with E-state index < -0.39 is 5.54 Å². The molecule has 0 fully saturated rings. The van der Waals surface area contributed by atoms with Gasteiger partial charge in [-0.05, 0) is 26.2 Å². The molecule has 1 aliphatic rings. The van der Waals surface area contributed by atoms with Gasteiger partial charge in [-0.25, -0.2) is 4.79 Å². The number of carbonyl (C=O) groups is 1. The second kappa shape index (κ2) is 3.70. The van der Waals surface area contributed by atoms with E-state index in [1.54, 1.807) is 0 Å². The Balaban J connectivity index is 2.66. The van der Waals surface area contributed by atoms with Gasteiger partial charge in [0.05, 0.1) is 6.61 Å². The van der Waals surface area contributed by atoms with Crippen molar-refractivity contribution in [3.8, 4) is 0 Å². The van der Waals surface area contributed by atoms with Gasteiger partial charge in [-0.15, -0.1) is 0 Å². The van der Waals surface area contributed by atoms with Crippen molar-refractivity contribution >= 4 is 12.2 Å². The molecule has 68 valence electrons. The average molecular weight is 169 g/mol. The summed E-state index contributed by atoms with van der Waals surface area (Å²) in [5.41, 5.74) is -0.546. The van der Waals surface area contributed by atoms with E-state index in [-0.39, 0.29) is 5.97 Å². The number of esters is 1. The molecule has 1 atom stereocenters. The van der Waals surface area contributed by atoms with Crippen LogP contribution in [0.1, 0.15) is 33.1 Å². The van der Waals surface area contributed by atoms with Crippen molar-refractivity contribution in [3.05, 3.63) is 0 Å². The monoisotopic (exact) mass is 169 g/mol. The molecule has 0 amide bonds. The van der Waals surface area contributed by atoms with E-state index in [1.165, 1.54) is 0 Å². The largest absolute Gasteiger partial charge is 0.464 e. The van der Waals surface area contributed by atoms with E-state index >= 15 is 0 Å². The van der Waals surface area contributed by atoms with Crippen LogP contribution < -0.4 is 0 Å². The van der Waals surface area contributed by atoms with Gasteiger partial charge in [-0.2, -0.15) is 0 Å². The maximum absolute atomic E-state index is 11.5. The quantitative estimate of drug-likeness (QED) is 0.601. The smallest absolute Gasteiger partial charge is 0.333 e. The lowest BCUT2D eigenvalue weighted by Gasteiger charge is -2.21. The van der Waals surface area contributed by atoms with E-state index in [2.05, 4.69) is 4.99 Å². The van der Waals surface area contributed by atoms with Crippen molar-refractivity contribution in [2.24, 2.45) is 4.99 Å². The third-order valence-corrected chi connectivity index (χ3v) is 2.27. The van der Waals surface area contributed by atoms with Gasteiger partial charge in [0.15, 0.2) is 5.54 Å². The first kappa shape index (κ1) is 9.23. The minimum Gasteiger partial charge on any atom is -0.464 e. The van der Waals surface area contributed by atoms with Gasteiger partial charge in [0.1, 0.15) is 0 Å². The van der Waals surface area contributed by atoms with Crippen molar-refractivity contribution in [2.75, 3.05) is 6.61 Å². The molecule has 0 aromatic rings. The molecule has 0 saturated heterocycles. The topological polar surface area (TPSA) is 38.7 Å². The molecule has 0 spiro atoms. The molecular weight excluding hydrogens is 154 g/mol. The number of aliphatic imine (C=N–C) groups is 1. The molecule has 3 heteroatoms. The van der Waals surface area contributed by atoms with E-state index in [4.69, 9.17) is 4.74 Å². The third-order valence-electron chi connectivity index (χ3n) is 2.27. The SMILES string of the molecule is CCOC(=O)C1(CC)CCC=N1. The molecular formula is C9H15NO2. The summed E-state index contributed by atoms with van der Waals surface area (Å²) in [5.74, 6) is -0.166. The van der Waals surface area contributed by atoms with Crippen LogP contribution in [0.3, 0.4) is 0 Å². The molecule has 1 unspecified atom stereocenters. The fourth-order valence-corrected chi connectivity index (χ4v) is 1.44. The minimum absolute atomic E-state index is 0.166. The Kier molecular flexibility index (Phi) is 2.84. The van der Waals surface area contributed by atoms with Gasteiger partial charge in [0.2, 0.25) is 0 Å². The molecule has 0 radical (unpaired) electrons. The van der Waals surface area contributed by atoms with Crippen molar-refractivity contribution in [1.29, 1.82) is 0 Å². The Morgan fingerprint density at radius 1 is 1.67 bits per heavy atom. The summed E-state index contributed by atoms with van der Waals surface area (Å²) in [7, 11) is 0. The van der Waals surface area contributed by atoms with Gasteiger partial charge in [-0.1, -0.05) is 6.92 Å². The second-order valence-corrected chi connectivity index (χ2v) is 2.96. The van der Waals surface area contributed by atoms with Gasteiger partial charge >= 0.3 is 5.97 Å². The van der Waals surface area contributed by atoms with Crippen molar-refractivity contribution in [1.82, 2.24) is 0 Å². The highest BCUT2D eigenvalue weighted by molar-refractivity contribution is 5.85. The second-order valence-electron chi connectivity index (χ2n) is 2.96. The number of carbonyl (C=O) groups excluding carboxylic acids is 1. The number of hydrogen-bond donors (Lipinski definition) is 0. The average Bonchev–Trinajstić information content (AvgIpc) is 2.54. The van der Waals surface area contributed by atoms with E-state index in [0.29, 0.717) is 6.61 Å². The maximum atomic E-state index is 11.5. The molecule has 1 rings (SSSR count). The van der Waals surface area contributed by atoms with E-state index in [1.807, 2.05) is 20.1 Å². The fourth-order valence-electron chi connectivity index (χ4n) is 1.44. The lowest BCUT2D eigenvalue weighted by Crippen LogP contribution is -2.35. The Morgan fingerprint density at radius 2 is 2.42 bits per heavy atom. The summed E-state index contributed by atoms with van der Waals surface area (Å²) in [5, 5.41) is 0. The van der Waals surface area contributed by atoms with Crippen LogP contribution in [0.25, 0.3) is 0 Å². The number of hydrogen-bond acceptors (Lipinski definition) is 3. The highest BCUT2D eigenvalue weighted by atomic mass is 16.5. The van der Waals surface area contributed by atoms with Crippen LogP contribution in [0.2, 0.25) is 0 Å². The van der Waals surface area contributed by atoms with Crippen LogP contribution in [-0.2, 0) is 9.53 Å². The first-order valence-corrected chi connectivity index (χ1v) is 4.46. The number of rotatable bonds is 3. The molecule has 0 saturated carbocycles. The minimum atomic E-state index is -0.546. The summed E-state index contributed by atoms with van der Waals surface area (Å²) < 4.78 is 4.97. The molecule has 0 N–H and O–H groups in total. The molecule has 0 aromatic carbocycles. The van der Waals surface area contributed by atoms with Crippen molar-refractivity contribution in [3.63, 3.8) is 0 Å². The molecule has 0 aromatic heterocycles. The molecule has 1 heterocycles. The highest BCUT2D eigenvalue weighted by Gasteiger charge is 2.39. The van der Waals surface area contributed by atoms with Crippen LogP contribution in [0, 0.1) is 0 Å². The Bertz CT molecular complexity index is 201. The Labute approximate surface area is 72.8 Å². The molecule has 1 aliphatic heterocycles. The first-order valence-electron chi connectivity index (χ1n) is 4.46. The third kappa shape index (κ3) is 1.49. The van der Waals surface area contributed by atoms with Gasteiger partial charge in [-0.3, -0.25) is 4.99 Å². The molecule has 0 bridgehead atoms. The van der Waals surface area contributed by atoms with Crippen molar-refractivity contribution < 1.29 is 9.53 Å². The summed E-state index contributed by atoms with van der Waals surface area (Å²) in [6, 6.07) is 0. The van der Waals surface area contributed by atoms with Crippen LogP contribution in [0.5, 0.6) is 0 Å². The van der Waals surface area contributed by atoms with Crippen LogP contribution in [-0.4, -0.2) is 24.3 Å². The maximum Gasteiger partial charge on any atom is 0.333 e. The zero-order chi connectivity index (χ0) is 9.03. The van der Waals surface area contributed by atoms with Gasteiger partial charge < -0.3 is 4.74 Å². The van der Waals surface area contributed by atoms with Crippen molar-refractivity contribution in [2.45, 2.75) is 38.6 Å². The highest BCUT2D eigenvalue weighted by Crippen LogP contribution is 2.27. The van der Waals surface area contributed by atoms with Gasteiger partial charge in [0, 0.05) is 6.21 Å². The van der Waals surface area contributed by atoms with Crippen LogP contribution >= 0.6 is 0 Å². The first-order chi connectivity index (χ1) is 5.75. The van der Waals surface area contributed by atoms with E-state index in [9.17, 15) is 4.79 Å². The fraction of sp³-hybridized carbons (Fsp3) is 0.778. The number of nitrogens with zero attached hydrogens (tertiary/aromatic N) is 1. The summed E-state index contributed by atoms with van der Waals surface area (Å²) in [6.45, 7) is 4.23. The lowest BCUT2D eigenvalue weighted by atomic mass is 9.94. The lowest BCUT2D eigenvalue weighted by molar-refractivity contribution is -0.149. The summed E-state index contributed by atoms with van der Waals surface area (Å²) >= 11 is 0. The zero-order valence-electron chi connectivity index (χ0n) is 7.67. The molecule has 0 aliphatic carbocycles. The molecule has 3 nitrogen and oxygen atoms in total. The zero-order valence-corrected chi connectivity index (χ0v) is 7.67.